The van der Waals surface area contributed by atoms with Crippen LogP contribution in [-0.2, 0) is 6.54 Å². The van der Waals surface area contributed by atoms with Crippen LogP contribution in [0.15, 0.2) is 48.8 Å². The van der Waals surface area contributed by atoms with E-state index in [-0.39, 0.29) is 17.3 Å². The Hall–Kier alpha value is -2.61. The number of anilines is 3. The predicted molar refractivity (Wildman–Crippen MR) is 107 cm³/mol. The molecule has 0 atom stereocenters. The fourth-order valence-electron chi connectivity index (χ4n) is 2.28. The Bertz CT molecular complexity index is 983. The second-order valence-electron chi connectivity index (χ2n) is 5.41. The predicted octanol–water partition coefficient (Wildman–Crippen LogP) is 5.70. The third-order valence-corrected chi connectivity index (χ3v) is 4.36. The van der Waals surface area contributed by atoms with E-state index in [1.165, 1.54) is 12.4 Å². The number of rotatable bonds is 6. The molecule has 2 N–H and O–H groups in total. The maximum Gasteiger partial charge on any atom is 0.353 e. The minimum Gasteiger partial charge on any atom is -0.360 e. The first-order valence-corrected chi connectivity index (χ1v) is 8.77. The Kier molecular flexibility index (Phi) is 5.95. The van der Waals surface area contributed by atoms with Crippen LogP contribution in [0.2, 0.25) is 15.1 Å². The number of halogens is 3. The van der Waals surface area contributed by atoms with Crippen molar-refractivity contribution in [3.8, 4) is 0 Å². The zero-order chi connectivity index (χ0) is 19.4. The van der Waals surface area contributed by atoms with Crippen molar-refractivity contribution >= 4 is 57.8 Å². The summed E-state index contributed by atoms with van der Waals surface area (Å²) in [6.07, 6.45) is 1.23. The van der Waals surface area contributed by atoms with Gasteiger partial charge in [0.1, 0.15) is 6.33 Å². The molecule has 0 aliphatic rings. The number of benzene rings is 2. The van der Waals surface area contributed by atoms with Crippen molar-refractivity contribution in [2.24, 2.45) is 0 Å². The summed E-state index contributed by atoms with van der Waals surface area (Å²) in [6.45, 7) is 0.330. The number of hydrogen-bond acceptors (Lipinski definition) is 6. The van der Waals surface area contributed by atoms with Gasteiger partial charge >= 0.3 is 5.69 Å². The second-order valence-corrected chi connectivity index (χ2v) is 6.69. The fourth-order valence-corrected chi connectivity index (χ4v) is 2.86. The summed E-state index contributed by atoms with van der Waals surface area (Å²) in [5.74, 6) is 0.0929. The number of nitro groups is 1. The number of aromatic nitrogens is 2. The largest absolute Gasteiger partial charge is 0.360 e. The normalized spacial score (nSPS) is 10.5. The van der Waals surface area contributed by atoms with E-state index in [0.29, 0.717) is 27.3 Å². The highest BCUT2D eigenvalue weighted by molar-refractivity contribution is 6.36. The molecule has 0 amide bonds. The van der Waals surface area contributed by atoms with Crippen molar-refractivity contribution in [2.45, 2.75) is 6.54 Å². The highest BCUT2D eigenvalue weighted by Gasteiger charge is 2.23. The third-order valence-electron chi connectivity index (χ3n) is 3.56. The Morgan fingerprint density at radius 2 is 1.63 bits per heavy atom. The van der Waals surface area contributed by atoms with Crippen LogP contribution >= 0.6 is 34.8 Å². The maximum absolute atomic E-state index is 11.6. The number of nitrogens with zero attached hydrogens (tertiary/aromatic N) is 3. The van der Waals surface area contributed by atoms with Crippen LogP contribution in [-0.4, -0.2) is 14.9 Å². The van der Waals surface area contributed by atoms with Crippen LogP contribution in [0.3, 0.4) is 0 Å². The third kappa shape index (κ3) is 4.77. The quantitative estimate of drug-likeness (QED) is 0.389. The molecule has 2 aromatic carbocycles. The summed E-state index contributed by atoms with van der Waals surface area (Å²) >= 11 is 17.8. The Labute approximate surface area is 169 Å². The van der Waals surface area contributed by atoms with Crippen LogP contribution in [0, 0.1) is 10.1 Å². The van der Waals surface area contributed by atoms with Gasteiger partial charge in [-0.15, -0.1) is 0 Å². The van der Waals surface area contributed by atoms with E-state index in [1.807, 2.05) is 12.1 Å². The van der Waals surface area contributed by atoms with Crippen LogP contribution in [0.1, 0.15) is 5.56 Å². The van der Waals surface area contributed by atoms with Gasteiger partial charge < -0.3 is 10.6 Å². The highest BCUT2D eigenvalue weighted by atomic mass is 35.5. The topological polar surface area (TPSA) is 93.0 Å². The highest BCUT2D eigenvalue weighted by Crippen LogP contribution is 2.34. The second kappa shape index (κ2) is 8.39. The Balaban J connectivity index is 1.87. The lowest BCUT2D eigenvalue weighted by Gasteiger charge is -2.11. The van der Waals surface area contributed by atoms with Crippen molar-refractivity contribution in [1.29, 1.82) is 0 Å². The van der Waals surface area contributed by atoms with Gasteiger partial charge in [-0.3, -0.25) is 10.1 Å². The molecule has 138 valence electrons. The molecule has 0 aliphatic heterocycles. The van der Waals surface area contributed by atoms with Crippen LogP contribution in [0.5, 0.6) is 0 Å². The van der Waals surface area contributed by atoms with Gasteiger partial charge in [-0.1, -0.05) is 46.9 Å². The summed E-state index contributed by atoms with van der Waals surface area (Å²) in [7, 11) is 0. The lowest BCUT2D eigenvalue weighted by molar-refractivity contribution is -0.383. The van der Waals surface area contributed by atoms with Crippen molar-refractivity contribution in [2.75, 3.05) is 10.6 Å². The van der Waals surface area contributed by atoms with Crippen LogP contribution < -0.4 is 10.6 Å². The Morgan fingerprint density at radius 1 is 0.963 bits per heavy atom. The van der Waals surface area contributed by atoms with E-state index >= 15 is 0 Å². The smallest absolute Gasteiger partial charge is 0.353 e. The summed E-state index contributed by atoms with van der Waals surface area (Å²) in [5.41, 5.74) is 1.03. The van der Waals surface area contributed by atoms with Gasteiger partial charge in [0.05, 0.1) is 15.6 Å². The average molecular weight is 425 g/mol. The fraction of sp³-hybridized carbons (Fsp3) is 0.0588. The summed E-state index contributed by atoms with van der Waals surface area (Å²) in [6, 6.07) is 11.9. The minimum absolute atomic E-state index is 0.0119. The van der Waals surface area contributed by atoms with Gasteiger partial charge in [-0.05, 0) is 35.9 Å². The van der Waals surface area contributed by atoms with E-state index in [2.05, 4.69) is 20.6 Å². The van der Waals surface area contributed by atoms with Gasteiger partial charge in [-0.2, -0.15) is 0 Å². The molecule has 0 unspecified atom stereocenters. The van der Waals surface area contributed by atoms with E-state index in [9.17, 15) is 10.1 Å². The van der Waals surface area contributed by atoms with Crippen LogP contribution in [0.4, 0.5) is 23.0 Å². The molecule has 0 radical (unpaired) electrons. The monoisotopic (exact) mass is 423 g/mol. The van der Waals surface area contributed by atoms with Crippen LogP contribution in [0.25, 0.3) is 0 Å². The van der Waals surface area contributed by atoms with Crippen molar-refractivity contribution in [1.82, 2.24) is 9.97 Å². The minimum atomic E-state index is -0.559. The molecule has 3 rings (SSSR count). The molecule has 27 heavy (non-hydrogen) atoms. The first-order chi connectivity index (χ1) is 12.9. The molecule has 1 heterocycles. The lowest BCUT2D eigenvalue weighted by atomic mass is 10.2. The molecular weight excluding hydrogens is 413 g/mol. The number of nitrogens with one attached hydrogen (secondary N) is 2. The van der Waals surface area contributed by atoms with Crippen molar-refractivity contribution in [3.05, 3.63) is 79.5 Å². The SMILES string of the molecule is O=[N+]([O-])c1c(NCc2ccc(Cl)cc2)ncnc1Nc1ccc(Cl)cc1Cl. The molecule has 3 aromatic rings. The molecule has 0 aliphatic carbocycles. The standard InChI is InChI=1S/C17H12Cl3N5O2/c18-11-3-1-10(2-4-11)8-21-16-15(25(26)27)17(23-9-22-16)24-14-6-5-12(19)7-13(14)20/h1-7,9H,8H2,(H2,21,22,23,24). The molecule has 0 saturated heterocycles. The summed E-state index contributed by atoms with van der Waals surface area (Å²) < 4.78 is 0. The van der Waals surface area contributed by atoms with Gasteiger partial charge in [0, 0.05) is 16.6 Å². The molecule has 10 heteroatoms. The first-order valence-electron chi connectivity index (χ1n) is 7.64. The molecule has 0 saturated carbocycles. The van der Waals surface area contributed by atoms with Gasteiger partial charge in [0.2, 0.25) is 11.6 Å². The average Bonchev–Trinajstić information content (AvgIpc) is 2.63. The summed E-state index contributed by atoms with van der Waals surface area (Å²) in [4.78, 5) is 19.0. The molecule has 0 fully saturated rings. The zero-order valence-corrected chi connectivity index (χ0v) is 15.9. The van der Waals surface area contributed by atoms with Crippen molar-refractivity contribution < 1.29 is 4.92 Å². The molecule has 7 nitrogen and oxygen atoms in total. The van der Waals surface area contributed by atoms with Crippen molar-refractivity contribution in [3.63, 3.8) is 0 Å². The molecular formula is C17H12Cl3N5O2. The number of hydrogen-bond donors (Lipinski definition) is 2. The molecule has 1 aromatic heterocycles. The van der Waals surface area contributed by atoms with E-state index < -0.39 is 4.92 Å². The first kappa shape index (κ1) is 19.2. The Morgan fingerprint density at radius 3 is 2.30 bits per heavy atom. The molecule has 0 bridgehead atoms. The zero-order valence-electron chi connectivity index (χ0n) is 13.6. The van der Waals surface area contributed by atoms with Gasteiger partial charge in [-0.25, -0.2) is 9.97 Å². The van der Waals surface area contributed by atoms with E-state index in [4.69, 9.17) is 34.8 Å². The van der Waals surface area contributed by atoms with Gasteiger partial charge in [0.15, 0.2) is 0 Å². The van der Waals surface area contributed by atoms with Gasteiger partial charge in [0.25, 0.3) is 0 Å². The molecule has 0 spiro atoms. The van der Waals surface area contributed by atoms with E-state index in [1.54, 1.807) is 24.3 Å². The lowest BCUT2D eigenvalue weighted by Crippen LogP contribution is -2.08. The summed E-state index contributed by atoms with van der Waals surface area (Å²) in [5, 5.41) is 18.8. The maximum atomic E-state index is 11.6. The van der Waals surface area contributed by atoms with E-state index in [0.717, 1.165) is 5.56 Å².